The Labute approximate surface area is 124 Å². The molecule has 1 aliphatic rings. The van der Waals surface area contributed by atoms with E-state index in [0.717, 1.165) is 48.6 Å². The second kappa shape index (κ2) is 5.73. The van der Waals surface area contributed by atoms with Crippen LogP contribution in [0.25, 0.3) is 11.4 Å². The summed E-state index contributed by atoms with van der Waals surface area (Å²) in [4.78, 5) is 6.75. The number of hydrogen-bond acceptors (Lipinski definition) is 5. The number of nitrogens with one attached hydrogen (secondary N) is 1. The Balaban J connectivity index is 1.89. The number of rotatable bonds is 3. The molecule has 1 aromatic carbocycles. The molecule has 6 nitrogen and oxygen atoms in total. The molecule has 0 aliphatic carbocycles. The molecule has 1 aliphatic heterocycles. The van der Waals surface area contributed by atoms with E-state index in [1.807, 2.05) is 25.1 Å². The molecular formula is C15H21N5O. The van der Waals surface area contributed by atoms with E-state index in [4.69, 9.17) is 10.5 Å². The second-order valence-electron chi connectivity index (χ2n) is 5.54. The number of piperidine rings is 1. The van der Waals surface area contributed by atoms with E-state index in [9.17, 15) is 0 Å². The number of benzene rings is 1. The summed E-state index contributed by atoms with van der Waals surface area (Å²) in [5.74, 6) is 2.23. The van der Waals surface area contributed by atoms with Crippen LogP contribution in [0, 0.1) is 6.92 Å². The van der Waals surface area contributed by atoms with Gasteiger partial charge in [-0.25, -0.2) is 0 Å². The molecule has 0 saturated carbocycles. The van der Waals surface area contributed by atoms with Crippen LogP contribution >= 0.6 is 0 Å². The number of nitrogens with two attached hydrogens (primary N) is 1. The van der Waals surface area contributed by atoms with Gasteiger partial charge in [0.25, 0.3) is 0 Å². The number of nitrogens with zero attached hydrogens (tertiary/aromatic N) is 3. The summed E-state index contributed by atoms with van der Waals surface area (Å²) in [6.07, 6.45) is 2.15. The summed E-state index contributed by atoms with van der Waals surface area (Å²) in [7, 11) is 1.66. The van der Waals surface area contributed by atoms with Crippen LogP contribution in [0.4, 0.5) is 5.95 Å². The lowest BCUT2D eigenvalue weighted by atomic mass is 10.1. The molecular weight excluding hydrogens is 266 g/mol. The summed E-state index contributed by atoms with van der Waals surface area (Å²) in [5, 5.41) is 7.35. The highest BCUT2D eigenvalue weighted by atomic mass is 16.5. The zero-order valence-corrected chi connectivity index (χ0v) is 12.5. The number of aryl methyl sites for hydroxylation is 1. The van der Waals surface area contributed by atoms with Gasteiger partial charge in [0, 0.05) is 19.1 Å². The van der Waals surface area contributed by atoms with Crippen LogP contribution in [-0.2, 0) is 0 Å². The second-order valence-corrected chi connectivity index (χ2v) is 5.54. The quantitative estimate of drug-likeness (QED) is 0.898. The highest BCUT2D eigenvalue weighted by Crippen LogP contribution is 2.29. The maximum absolute atomic E-state index is 6.02. The van der Waals surface area contributed by atoms with E-state index in [2.05, 4.69) is 20.1 Å². The molecule has 1 atom stereocenters. The zero-order valence-electron chi connectivity index (χ0n) is 12.5. The van der Waals surface area contributed by atoms with E-state index in [-0.39, 0.29) is 6.04 Å². The first-order chi connectivity index (χ1) is 10.2. The first-order valence-electron chi connectivity index (χ1n) is 7.25. The minimum atomic E-state index is 0.203. The van der Waals surface area contributed by atoms with Crippen molar-refractivity contribution < 1.29 is 4.74 Å². The molecule has 0 spiro atoms. The third kappa shape index (κ3) is 2.85. The maximum Gasteiger partial charge on any atom is 0.245 e. The van der Waals surface area contributed by atoms with Crippen molar-refractivity contribution in [2.45, 2.75) is 25.8 Å². The SMILES string of the molecule is COc1ccc(C)cc1-c1nc(N2CCCC(N)C2)n[nH]1. The first-order valence-corrected chi connectivity index (χ1v) is 7.25. The van der Waals surface area contributed by atoms with Gasteiger partial charge in [-0.1, -0.05) is 11.6 Å². The van der Waals surface area contributed by atoms with E-state index >= 15 is 0 Å². The van der Waals surface area contributed by atoms with Crippen molar-refractivity contribution in [1.29, 1.82) is 0 Å². The number of ether oxygens (including phenoxy) is 1. The van der Waals surface area contributed by atoms with Crippen LogP contribution in [0.15, 0.2) is 18.2 Å². The van der Waals surface area contributed by atoms with Gasteiger partial charge in [-0.2, -0.15) is 4.98 Å². The Bertz CT molecular complexity index is 624. The molecule has 2 aromatic rings. The normalized spacial score (nSPS) is 18.8. The van der Waals surface area contributed by atoms with Crippen molar-refractivity contribution in [3.63, 3.8) is 0 Å². The number of aromatic nitrogens is 3. The molecule has 1 fully saturated rings. The molecule has 1 aromatic heterocycles. The summed E-state index contributed by atoms with van der Waals surface area (Å²) >= 11 is 0. The Hall–Kier alpha value is -2.08. The molecule has 0 bridgehead atoms. The summed E-state index contributed by atoms with van der Waals surface area (Å²) in [6.45, 7) is 3.81. The van der Waals surface area contributed by atoms with Gasteiger partial charge >= 0.3 is 0 Å². The van der Waals surface area contributed by atoms with Gasteiger partial charge in [-0.15, -0.1) is 5.10 Å². The average Bonchev–Trinajstić information content (AvgIpc) is 2.97. The number of methoxy groups -OCH3 is 1. The van der Waals surface area contributed by atoms with E-state index < -0.39 is 0 Å². The van der Waals surface area contributed by atoms with Gasteiger partial charge in [0.05, 0.1) is 12.7 Å². The van der Waals surface area contributed by atoms with Gasteiger partial charge in [-0.05, 0) is 31.9 Å². The molecule has 1 unspecified atom stereocenters. The molecule has 3 N–H and O–H groups in total. The molecule has 0 amide bonds. The fraction of sp³-hybridized carbons (Fsp3) is 0.467. The third-order valence-electron chi connectivity index (χ3n) is 3.82. The predicted molar refractivity (Wildman–Crippen MR) is 82.5 cm³/mol. The van der Waals surface area contributed by atoms with Crippen LogP contribution < -0.4 is 15.4 Å². The van der Waals surface area contributed by atoms with Gasteiger partial charge < -0.3 is 15.4 Å². The number of anilines is 1. The molecule has 3 rings (SSSR count). The summed E-state index contributed by atoms with van der Waals surface area (Å²) < 4.78 is 5.41. The Morgan fingerprint density at radius 1 is 1.43 bits per heavy atom. The summed E-state index contributed by atoms with van der Waals surface area (Å²) in [6, 6.07) is 6.21. The van der Waals surface area contributed by atoms with Crippen molar-refractivity contribution in [2.24, 2.45) is 5.73 Å². The molecule has 1 saturated heterocycles. The minimum Gasteiger partial charge on any atom is -0.496 e. The topological polar surface area (TPSA) is 80.1 Å². The lowest BCUT2D eigenvalue weighted by molar-refractivity contribution is 0.416. The average molecular weight is 287 g/mol. The monoisotopic (exact) mass is 287 g/mol. The number of aromatic amines is 1. The summed E-state index contributed by atoms with van der Waals surface area (Å²) in [5.41, 5.74) is 8.10. The standard InChI is InChI=1S/C15H21N5O/c1-10-5-6-13(21-2)12(8-10)14-17-15(19-18-14)20-7-3-4-11(16)9-20/h5-6,8,11H,3-4,7,9,16H2,1-2H3,(H,17,18,19). The van der Waals surface area contributed by atoms with E-state index in [1.165, 1.54) is 0 Å². The predicted octanol–water partition coefficient (Wildman–Crippen LogP) is 1.72. The van der Waals surface area contributed by atoms with Crippen LogP contribution in [0.2, 0.25) is 0 Å². The van der Waals surface area contributed by atoms with Crippen LogP contribution in [0.5, 0.6) is 5.75 Å². The van der Waals surface area contributed by atoms with Gasteiger partial charge in [-0.3, -0.25) is 5.10 Å². The highest BCUT2D eigenvalue weighted by Gasteiger charge is 2.21. The van der Waals surface area contributed by atoms with Crippen molar-refractivity contribution >= 4 is 5.95 Å². The van der Waals surface area contributed by atoms with Crippen molar-refractivity contribution in [1.82, 2.24) is 15.2 Å². The highest BCUT2D eigenvalue weighted by molar-refractivity contribution is 5.65. The largest absolute Gasteiger partial charge is 0.496 e. The molecule has 21 heavy (non-hydrogen) atoms. The Kier molecular flexibility index (Phi) is 3.79. The minimum absolute atomic E-state index is 0.203. The van der Waals surface area contributed by atoms with Gasteiger partial charge in [0.2, 0.25) is 5.95 Å². The lowest BCUT2D eigenvalue weighted by Crippen LogP contribution is -2.43. The fourth-order valence-corrected chi connectivity index (χ4v) is 2.71. The van der Waals surface area contributed by atoms with Gasteiger partial charge in [0.15, 0.2) is 5.82 Å². The zero-order chi connectivity index (χ0) is 14.8. The maximum atomic E-state index is 6.02. The molecule has 0 radical (unpaired) electrons. The van der Waals surface area contributed by atoms with Crippen LogP contribution in [0.3, 0.4) is 0 Å². The third-order valence-corrected chi connectivity index (χ3v) is 3.82. The molecule has 6 heteroatoms. The molecule has 2 heterocycles. The van der Waals surface area contributed by atoms with Crippen molar-refractivity contribution in [2.75, 3.05) is 25.1 Å². The number of H-pyrrole nitrogens is 1. The number of hydrogen-bond donors (Lipinski definition) is 2. The first kappa shape index (κ1) is 13.9. The van der Waals surface area contributed by atoms with Crippen LogP contribution in [-0.4, -0.2) is 41.4 Å². The molecule has 112 valence electrons. The Morgan fingerprint density at radius 2 is 2.29 bits per heavy atom. The van der Waals surface area contributed by atoms with E-state index in [0.29, 0.717) is 5.95 Å². The van der Waals surface area contributed by atoms with Gasteiger partial charge in [0.1, 0.15) is 5.75 Å². The van der Waals surface area contributed by atoms with Crippen molar-refractivity contribution in [3.05, 3.63) is 23.8 Å². The van der Waals surface area contributed by atoms with Crippen LogP contribution in [0.1, 0.15) is 18.4 Å². The smallest absolute Gasteiger partial charge is 0.245 e. The lowest BCUT2D eigenvalue weighted by Gasteiger charge is -2.29. The van der Waals surface area contributed by atoms with Crippen molar-refractivity contribution in [3.8, 4) is 17.1 Å². The fourth-order valence-electron chi connectivity index (χ4n) is 2.71. The Morgan fingerprint density at radius 3 is 3.05 bits per heavy atom. The van der Waals surface area contributed by atoms with E-state index in [1.54, 1.807) is 7.11 Å².